The van der Waals surface area contributed by atoms with Gasteiger partial charge in [-0.3, -0.25) is 9.59 Å². The lowest BCUT2D eigenvalue weighted by Gasteiger charge is -2.57. The Labute approximate surface area is 260 Å². The molecule has 2 saturated carbocycles. The van der Waals surface area contributed by atoms with E-state index in [9.17, 15) is 9.59 Å². The molecule has 0 bridgehead atoms. The van der Waals surface area contributed by atoms with E-state index in [1.165, 1.54) is 25.3 Å². The van der Waals surface area contributed by atoms with Crippen LogP contribution in [-0.2, 0) is 26.2 Å². The van der Waals surface area contributed by atoms with Crippen molar-refractivity contribution in [1.29, 1.82) is 0 Å². The minimum atomic E-state index is -0.290. The van der Waals surface area contributed by atoms with E-state index in [2.05, 4.69) is 41.8 Å². The molecule has 2 aromatic rings. The number of fused-ring (bicyclic) bond motifs is 1. The number of esters is 1. The fourth-order valence-electron chi connectivity index (χ4n) is 7.35. The van der Waals surface area contributed by atoms with Gasteiger partial charge in [-0.25, -0.2) is 0 Å². The smallest absolute Gasteiger partial charge is 0.302 e. The molecule has 228 valence electrons. The molecule has 1 aliphatic heterocycles. The van der Waals surface area contributed by atoms with Gasteiger partial charge in [0.05, 0.1) is 23.6 Å². The third kappa shape index (κ3) is 7.09. The Morgan fingerprint density at radius 3 is 2.57 bits per heavy atom. The van der Waals surface area contributed by atoms with Gasteiger partial charge in [0.2, 0.25) is 5.91 Å². The van der Waals surface area contributed by atoms with E-state index in [0.29, 0.717) is 23.0 Å². The number of carbonyl (C=O) groups excluding carboxylic acids is 2. The van der Waals surface area contributed by atoms with E-state index >= 15 is 0 Å². The van der Waals surface area contributed by atoms with Crippen molar-refractivity contribution in [2.24, 2.45) is 17.8 Å². The first kappa shape index (κ1) is 31.2. The maximum atomic E-state index is 14.1. The van der Waals surface area contributed by atoms with Gasteiger partial charge in [-0.15, -0.1) is 0 Å². The maximum Gasteiger partial charge on any atom is 0.302 e. The highest BCUT2D eigenvalue weighted by Crippen LogP contribution is 2.52. The number of likely N-dealkylation sites (tertiary alicyclic amines) is 1. The second-order valence-corrected chi connectivity index (χ2v) is 13.9. The highest BCUT2D eigenvalue weighted by Gasteiger charge is 2.55. The molecule has 3 fully saturated rings. The Kier molecular flexibility index (Phi) is 9.76. The number of methoxy groups -OCH3 is 1. The van der Waals surface area contributed by atoms with Crippen LogP contribution in [0.1, 0.15) is 64.0 Å². The zero-order valence-electron chi connectivity index (χ0n) is 25.3. The highest BCUT2D eigenvalue weighted by molar-refractivity contribution is 6.42. The van der Waals surface area contributed by atoms with Gasteiger partial charge in [0.1, 0.15) is 11.9 Å². The highest BCUT2D eigenvalue weighted by atomic mass is 35.5. The number of hydrogen-bond acceptors (Lipinski definition) is 5. The number of rotatable bonds is 10. The standard InChI is InChI=1S/C34H44Cl2N2O4/c1-22(2)19-38(33(40)15-25-10-11-30(35)31(36)14-25)27-17-32(42-23(3)39)29-21-37(20-24-8-9-24)13-12-34(29,18-27)26-6-5-7-28(16-26)41-4/h5-7,10-11,14,16,22,24,27,29,32H,8-9,12-13,15,17-21H2,1-4H3/t27-,29-,32?,34-/m0/s1. The minimum absolute atomic E-state index is 0.0547. The Morgan fingerprint density at radius 2 is 1.90 bits per heavy atom. The molecule has 1 heterocycles. The van der Waals surface area contributed by atoms with Crippen LogP contribution in [0.5, 0.6) is 5.75 Å². The van der Waals surface area contributed by atoms with Crippen molar-refractivity contribution in [3.8, 4) is 5.75 Å². The fraction of sp³-hybridized carbons (Fsp3) is 0.588. The van der Waals surface area contributed by atoms with Gasteiger partial charge in [-0.05, 0) is 79.5 Å². The summed E-state index contributed by atoms with van der Waals surface area (Å²) in [6.45, 7) is 9.41. The number of halogens is 2. The second kappa shape index (κ2) is 13.2. The normalized spacial score (nSPS) is 26.0. The number of carbonyl (C=O) groups is 2. The molecule has 1 unspecified atom stereocenters. The molecule has 6 nitrogen and oxygen atoms in total. The Balaban J connectivity index is 1.52. The van der Waals surface area contributed by atoms with E-state index in [1.54, 1.807) is 19.2 Å². The number of ether oxygens (including phenoxy) is 2. The SMILES string of the molecule is COc1cccc([C@@]23CCN(CC4CC4)C[C@H]2C(OC(C)=O)C[C@H](N(CC(C)C)C(=O)Cc2ccc(Cl)c(Cl)c2)C3)c1. The van der Waals surface area contributed by atoms with Crippen molar-refractivity contribution in [1.82, 2.24) is 9.80 Å². The summed E-state index contributed by atoms with van der Waals surface area (Å²) in [4.78, 5) is 31.2. The van der Waals surface area contributed by atoms with E-state index in [1.807, 2.05) is 12.1 Å². The zero-order chi connectivity index (χ0) is 30.0. The van der Waals surface area contributed by atoms with E-state index in [0.717, 1.165) is 49.7 Å². The summed E-state index contributed by atoms with van der Waals surface area (Å²) >= 11 is 12.4. The average molecular weight is 616 g/mol. The van der Waals surface area contributed by atoms with Crippen molar-refractivity contribution in [3.63, 3.8) is 0 Å². The molecule has 2 aliphatic carbocycles. The van der Waals surface area contributed by atoms with Crippen LogP contribution in [0.25, 0.3) is 0 Å². The first-order valence-corrected chi connectivity index (χ1v) is 16.1. The van der Waals surface area contributed by atoms with Crippen LogP contribution < -0.4 is 4.74 Å². The van der Waals surface area contributed by atoms with Crippen LogP contribution in [0.2, 0.25) is 10.0 Å². The molecule has 0 spiro atoms. The molecule has 5 rings (SSSR count). The van der Waals surface area contributed by atoms with Crippen molar-refractivity contribution >= 4 is 35.1 Å². The summed E-state index contributed by atoms with van der Waals surface area (Å²) in [5, 5.41) is 0.922. The van der Waals surface area contributed by atoms with E-state index < -0.39 is 0 Å². The summed E-state index contributed by atoms with van der Waals surface area (Å²) < 4.78 is 11.8. The maximum absolute atomic E-state index is 14.1. The summed E-state index contributed by atoms with van der Waals surface area (Å²) in [5.74, 6) is 1.81. The molecule has 1 saturated heterocycles. The lowest BCUT2D eigenvalue weighted by Crippen LogP contribution is -2.62. The quantitative estimate of drug-likeness (QED) is 0.276. The van der Waals surface area contributed by atoms with Gasteiger partial charge in [-0.2, -0.15) is 0 Å². The number of piperidine rings is 1. The predicted molar refractivity (Wildman–Crippen MR) is 167 cm³/mol. The molecule has 42 heavy (non-hydrogen) atoms. The Morgan fingerprint density at radius 1 is 1.12 bits per heavy atom. The molecule has 8 heteroatoms. The van der Waals surface area contributed by atoms with Crippen LogP contribution in [0.4, 0.5) is 0 Å². The van der Waals surface area contributed by atoms with Crippen LogP contribution >= 0.6 is 23.2 Å². The zero-order valence-corrected chi connectivity index (χ0v) is 26.8. The number of hydrogen-bond donors (Lipinski definition) is 0. The molecule has 3 aliphatic rings. The molecule has 1 amide bonds. The first-order valence-electron chi connectivity index (χ1n) is 15.4. The third-order valence-corrected chi connectivity index (χ3v) is 10.2. The number of nitrogens with zero attached hydrogens (tertiary/aromatic N) is 2. The van der Waals surface area contributed by atoms with Crippen LogP contribution in [0, 0.1) is 17.8 Å². The largest absolute Gasteiger partial charge is 0.497 e. The molecular formula is C34H44Cl2N2O4. The van der Waals surface area contributed by atoms with Crippen molar-refractivity contribution in [2.45, 2.75) is 76.9 Å². The van der Waals surface area contributed by atoms with Gasteiger partial charge in [0.15, 0.2) is 0 Å². The van der Waals surface area contributed by atoms with E-state index in [-0.39, 0.29) is 47.7 Å². The van der Waals surface area contributed by atoms with Gasteiger partial charge in [0.25, 0.3) is 0 Å². The first-order chi connectivity index (χ1) is 20.1. The predicted octanol–water partition coefficient (Wildman–Crippen LogP) is 6.79. The number of benzene rings is 2. The van der Waals surface area contributed by atoms with Crippen molar-refractivity contribution in [2.75, 3.05) is 33.3 Å². The molecular weight excluding hydrogens is 571 g/mol. The fourth-order valence-corrected chi connectivity index (χ4v) is 7.67. The van der Waals surface area contributed by atoms with Gasteiger partial charge in [-0.1, -0.05) is 55.2 Å². The van der Waals surface area contributed by atoms with Crippen LogP contribution in [-0.4, -0.2) is 67.1 Å². The molecule has 0 aromatic heterocycles. The van der Waals surface area contributed by atoms with E-state index in [4.69, 9.17) is 32.7 Å². The molecule has 2 aromatic carbocycles. The topological polar surface area (TPSA) is 59.1 Å². The van der Waals surface area contributed by atoms with Crippen LogP contribution in [0.3, 0.4) is 0 Å². The molecule has 0 radical (unpaired) electrons. The summed E-state index contributed by atoms with van der Waals surface area (Å²) in [6, 6.07) is 13.7. The van der Waals surface area contributed by atoms with Gasteiger partial charge < -0.3 is 19.3 Å². The minimum Gasteiger partial charge on any atom is -0.497 e. The monoisotopic (exact) mass is 614 g/mol. The molecule has 4 atom stereocenters. The average Bonchev–Trinajstić information content (AvgIpc) is 3.77. The summed E-state index contributed by atoms with van der Waals surface area (Å²) in [6.07, 6.45) is 4.96. The van der Waals surface area contributed by atoms with Crippen molar-refractivity contribution in [3.05, 3.63) is 63.6 Å². The Hall–Kier alpha value is -2.28. The number of amides is 1. The van der Waals surface area contributed by atoms with Crippen molar-refractivity contribution < 1.29 is 19.1 Å². The summed E-state index contributed by atoms with van der Waals surface area (Å²) in [7, 11) is 1.70. The van der Waals surface area contributed by atoms with Gasteiger partial charge >= 0.3 is 5.97 Å². The lowest BCUT2D eigenvalue weighted by molar-refractivity contribution is -0.161. The third-order valence-electron chi connectivity index (χ3n) is 9.43. The lowest BCUT2D eigenvalue weighted by atomic mass is 9.56. The molecule has 0 N–H and O–H groups in total. The Bertz CT molecular complexity index is 1280. The second-order valence-electron chi connectivity index (χ2n) is 13.1. The van der Waals surface area contributed by atoms with Crippen LogP contribution in [0.15, 0.2) is 42.5 Å². The van der Waals surface area contributed by atoms with Gasteiger partial charge in [0, 0.05) is 50.4 Å². The summed E-state index contributed by atoms with van der Waals surface area (Å²) in [5.41, 5.74) is 1.79.